The van der Waals surface area contributed by atoms with Crippen molar-refractivity contribution >= 4 is 0 Å². The molecule has 0 spiro atoms. The molecule has 0 aliphatic heterocycles. The van der Waals surface area contributed by atoms with E-state index < -0.39 is 0 Å². The van der Waals surface area contributed by atoms with Crippen LogP contribution in [0.3, 0.4) is 0 Å². The maximum atomic E-state index is 5.42. The van der Waals surface area contributed by atoms with Crippen molar-refractivity contribution in [2.24, 2.45) is 17.8 Å². The number of hydrogen-bond donors (Lipinski definition) is 0. The zero-order valence-electron chi connectivity index (χ0n) is 10.0. The Balaban J connectivity index is 2.41. The molecule has 0 radical (unpaired) electrons. The first-order valence-electron chi connectivity index (χ1n) is 5.91. The predicted octanol–water partition coefficient (Wildman–Crippen LogP) is 3.65. The van der Waals surface area contributed by atoms with Crippen LogP contribution in [-0.2, 0) is 4.74 Å². The average molecular weight is 196 g/mol. The molecule has 0 bridgehead atoms. The molecular formula is C13H24O. The monoisotopic (exact) mass is 196 g/mol. The summed E-state index contributed by atoms with van der Waals surface area (Å²) >= 11 is 0. The van der Waals surface area contributed by atoms with Gasteiger partial charge in [0, 0.05) is 13.2 Å². The Kier molecular flexibility index (Phi) is 4.67. The molecule has 0 amide bonds. The van der Waals surface area contributed by atoms with Crippen LogP contribution < -0.4 is 0 Å². The zero-order valence-corrected chi connectivity index (χ0v) is 10.0. The summed E-state index contributed by atoms with van der Waals surface area (Å²) in [4.78, 5) is 0. The molecule has 1 aliphatic rings. The van der Waals surface area contributed by atoms with Crippen molar-refractivity contribution in [3.05, 3.63) is 11.6 Å². The summed E-state index contributed by atoms with van der Waals surface area (Å²) in [6, 6.07) is 0. The van der Waals surface area contributed by atoms with E-state index in [-0.39, 0.29) is 0 Å². The highest BCUT2D eigenvalue weighted by molar-refractivity contribution is 5.10. The van der Waals surface area contributed by atoms with Crippen LogP contribution in [0.15, 0.2) is 11.6 Å². The normalized spacial score (nSPS) is 32.9. The molecule has 0 saturated heterocycles. The number of rotatable bonds is 4. The third-order valence-corrected chi connectivity index (χ3v) is 3.54. The van der Waals surface area contributed by atoms with Gasteiger partial charge in [0.1, 0.15) is 0 Å². The van der Waals surface area contributed by atoms with Crippen LogP contribution in [0.5, 0.6) is 0 Å². The smallest absolute Gasteiger partial charge is 0.0471 e. The standard InChI is InChI=1S/C13H24O/c1-5-14-7-6-13-9-11(3)10(2)8-12(13)4/h8,10-11,13H,5-7,9H2,1-4H3. The van der Waals surface area contributed by atoms with Crippen LogP contribution >= 0.6 is 0 Å². The number of allylic oxidation sites excluding steroid dienone is 2. The predicted molar refractivity (Wildman–Crippen MR) is 61.3 cm³/mol. The van der Waals surface area contributed by atoms with Gasteiger partial charge in [0.05, 0.1) is 0 Å². The van der Waals surface area contributed by atoms with E-state index in [1.54, 1.807) is 5.57 Å². The molecule has 14 heavy (non-hydrogen) atoms. The fourth-order valence-corrected chi connectivity index (χ4v) is 2.28. The van der Waals surface area contributed by atoms with Crippen molar-refractivity contribution in [3.63, 3.8) is 0 Å². The second-order valence-electron chi connectivity index (χ2n) is 4.67. The zero-order chi connectivity index (χ0) is 10.6. The van der Waals surface area contributed by atoms with Crippen molar-refractivity contribution < 1.29 is 4.74 Å². The Labute approximate surface area is 88.5 Å². The van der Waals surface area contributed by atoms with E-state index in [1.807, 2.05) is 0 Å². The maximum absolute atomic E-state index is 5.42. The van der Waals surface area contributed by atoms with E-state index in [4.69, 9.17) is 4.74 Å². The van der Waals surface area contributed by atoms with Crippen molar-refractivity contribution in [1.29, 1.82) is 0 Å². The first kappa shape index (κ1) is 11.8. The van der Waals surface area contributed by atoms with Crippen LogP contribution in [0.2, 0.25) is 0 Å². The van der Waals surface area contributed by atoms with E-state index in [2.05, 4.69) is 33.8 Å². The molecular weight excluding hydrogens is 172 g/mol. The minimum absolute atomic E-state index is 0.762. The summed E-state index contributed by atoms with van der Waals surface area (Å²) in [5, 5.41) is 0. The lowest BCUT2D eigenvalue weighted by atomic mass is 9.76. The molecule has 0 N–H and O–H groups in total. The number of hydrogen-bond acceptors (Lipinski definition) is 1. The maximum Gasteiger partial charge on any atom is 0.0471 e. The summed E-state index contributed by atoms with van der Waals surface area (Å²) in [6.07, 6.45) is 4.99. The van der Waals surface area contributed by atoms with Gasteiger partial charge in [0.2, 0.25) is 0 Å². The van der Waals surface area contributed by atoms with Crippen LogP contribution in [0.1, 0.15) is 40.5 Å². The highest BCUT2D eigenvalue weighted by atomic mass is 16.5. The van der Waals surface area contributed by atoms with E-state index in [1.165, 1.54) is 12.8 Å². The highest BCUT2D eigenvalue weighted by Crippen LogP contribution is 2.34. The van der Waals surface area contributed by atoms with E-state index in [9.17, 15) is 0 Å². The van der Waals surface area contributed by atoms with E-state index in [0.717, 1.165) is 31.0 Å². The SMILES string of the molecule is CCOCCC1CC(C)C(C)C=C1C. The van der Waals surface area contributed by atoms with Crippen molar-refractivity contribution in [1.82, 2.24) is 0 Å². The molecule has 0 aromatic carbocycles. The van der Waals surface area contributed by atoms with Crippen LogP contribution in [-0.4, -0.2) is 13.2 Å². The second-order valence-corrected chi connectivity index (χ2v) is 4.67. The van der Waals surface area contributed by atoms with Gasteiger partial charge in [-0.1, -0.05) is 25.5 Å². The summed E-state index contributed by atoms with van der Waals surface area (Å²) in [5.74, 6) is 2.37. The van der Waals surface area contributed by atoms with Gasteiger partial charge in [-0.3, -0.25) is 0 Å². The van der Waals surface area contributed by atoms with Gasteiger partial charge in [-0.05, 0) is 44.4 Å². The fraction of sp³-hybridized carbons (Fsp3) is 0.846. The first-order chi connectivity index (χ1) is 6.65. The van der Waals surface area contributed by atoms with Gasteiger partial charge in [-0.2, -0.15) is 0 Å². The van der Waals surface area contributed by atoms with Crippen molar-refractivity contribution in [2.75, 3.05) is 13.2 Å². The quantitative estimate of drug-likeness (QED) is 0.492. The Morgan fingerprint density at radius 1 is 1.43 bits per heavy atom. The molecule has 0 heterocycles. The molecule has 1 aliphatic carbocycles. The van der Waals surface area contributed by atoms with Gasteiger partial charge in [0.25, 0.3) is 0 Å². The summed E-state index contributed by atoms with van der Waals surface area (Å²) < 4.78 is 5.42. The minimum atomic E-state index is 0.762. The van der Waals surface area contributed by atoms with Crippen LogP contribution in [0.25, 0.3) is 0 Å². The Hall–Kier alpha value is -0.300. The third kappa shape index (κ3) is 3.13. The Morgan fingerprint density at radius 2 is 2.14 bits per heavy atom. The van der Waals surface area contributed by atoms with Crippen molar-refractivity contribution in [3.8, 4) is 0 Å². The minimum Gasteiger partial charge on any atom is -0.382 e. The van der Waals surface area contributed by atoms with Crippen molar-refractivity contribution in [2.45, 2.75) is 40.5 Å². The molecule has 82 valence electrons. The molecule has 0 fully saturated rings. The van der Waals surface area contributed by atoms with Crippen LogP contribution in [0, 0.1) is 17.8 Å². The first-order valence-corrected chi connectivity index (χ1v) is 5.91. The fourth-order valence-electron chi connectivity index (χ4n) is 2.28. The lowest BCUT2D eigenvalue weighted by Crippen LogP contribution is -2.20. The van der Waals surface area contributed by atoms with E-state index in [0.29, 0.717) is 0 Å². The molecule has 0 aromatic heterocycles. The lowest BCUT2D eigenvalue weighted by molar-refractivity contribution is 0.130. The topological polar surface area (TPSA) is 9.23 Å². The molecule has 0 aromatic rings. The Bertz CT molecular complexity index is 195. The van der Waals surface area contributed by atoms with Gasteiger partial charge >= 0.3 is 0 Å². The largest absolute Gasteiger partial charge is 0.382 e. The molecule has 0 saturated carbocycles. The summed E-state index contributed by atoms with van der Waals surface area (Å²) in [6.45, 7) is 10.8. The summed E-state index contributed by atoms with van der Waals surface area (Å²) in [7, 11) is 0. The lowest BCUT2D eigenvalue weighted by Gasteiger charge is -2.30. The summed E-state index contributed by atoms with van der Waals surface area (Å²) in [5.41, 5.74) is 1.58. The van der Waals surface area contributed by atoms with Gasteiger partial charge in [-0.25, -0.2) is 0 Å². The molecule has 1 nitrogen and oxygen atoms in total. The van der Waals surface area contributed by atoms with Gasteiger partial charge in [0.15, 0.2) is 0 Å². The van der Waals surface area contributed by atoms with Crippen LogP contribution in [0.4, 0.5) is 0 Å². The molecule has 1 heteroatoms. The van der Waals surface area contributed by atoms with E-state index >= 15 is 0 Å². The third-order valence-electron chi connectivity index (χ3n) is 3.54. The van der Waals surface area contributed by atoms with Gasteiger partial charge in [-0.15, -0.1) is 0 Å². The van der Waals surface area contributed by atoms with Gasteiger partial charge < -0.3 is 4.74 Å². The highest BCUT2D eigenvalue weighted by Gasteiger charge is 2.23. The molecule has 3 unspecified atom stereocenters. The second kappa shape index (κ2) is 5.55. The average Bonchev–Trinajstić information content (AvgIpc) is 2.14. The Morgan fingerprint density at radius 3 is 2.79 bits per heavy atom. The molecule has 3 atom stereocenters. The number of ether oxygens (including phenoxy) is 1. The molecule has 1 rings (SSSR count).